The third-order valence-corrected chi connectivity index (χ3v) is 11.6. The van der Waals surface area contributed by atoms with E-state index < -0.39 is 0 Å². The molecular formula is C55H39N3O. The van der Waals surface area contributed by atoms with Crippen molar-refractivity contribution in [1.29, 1.82) is 0 Å². The average molecular weight is 758 g/mol. The van der Waals surface area contributed by atoms with Crippen molar-refractivity contribution in [3.63, 3.8) is 0 Å². The van der Waals surface area contributed by atoms with Crippen LogP contribution in [-0.2, 0) is 0 Å². The monoisotopic (exact) mass is 757 g/mol. The fourth-order valence-corrected chi connectivity index (χ4v) is 8.80. The molecule has 0 aliphatic carbocycles. The van der Waals surface area contributed by atoms with Crippen LogP contribution in [0.2, 0.25) is 0 Å². The summed E-state index contributed by atoms with van der Waals surface area (Å²) in [6, 6.07) is 78.4. The van der Waals surface area contributed by atoms with E-state index in [0.29, 0.717) is 0 Å². The average Bonchev–Trinajstić information content (AvgIpc) is 3.83. The van der Waals surface area contributed by atoms with Gasteiger partial charge in [0.25, 0.3) is 0 Å². The van der Waals surface area contributed by atoms with Crippen molar-refractivity contribution < 1.29 is 4.74 Å². The Hall–Kier alpha value is -7.82. The normalized spacial score (nSPS) is 11.5. The van der Waals surface area contributed by atoms with E-state index in [4.69, 9.17) is 4.74 Å². The van der Waals surface area contributed by atoms with E-state index >= 15 is 0 Å². The molecule has 11 aromatic rings. The second-order valence-electron chi connectivity index (χ2n) is 15.0. The van der Waals surface area contributed by atoms with E-state index in [0.717, 1.165) is 34.2 Å². The number of anilines is 3. The highest BCUT2D eigenvalue weighted by molar-refractivity contribution is 6.11. The standard InChI is InChI=1S/C55H39N3O/c1-59-47-32-30-46(31-33-47)56(44-26-20-38(21-27-44)40-24-34-54-50(36-40)48-16-8-10-18-52(48)57(54)42-12-4-2-5-13-42)45-28-22-39(23-29-45)41-25-35-55-51(37-41)49-17-9-11-19-53(49)58(55)43-14-6-3-7-15-43/h2-37H,1H3. The lowest BCUT2D eigenvalue weighted by Crippen LogP contribution is -2.09. The van der Waals surface area contributed by atoms with Gasteiger partial charge < -0.3 is 18.8 Å². The molecule has 4 nitrogen and oxygen atoms in total. The first-order valence-corrected chi connectivity index (χ1v) is 20.0. The highest BCUT2D eigenvalue weighted by Gasteiger charge is 2.17. The Morgan fingerprint density at radius 1 is 0.322 bits per heavy atom. The van der Waals surface area contributed by atoms with Crippen molar-refractivity contribution in [3.8, 4) is 39.4 Å². The van der Waals surface area contributed by atoms with E-state index in [9.17, 15) is 0 Å². The molecule has 0 fully saturated rings. The fourth-order valence-electron chi connectivity index (χ4n) is 8.80. The molecule has 0 N–H and O–H groups in total. The molecular weight excluding hydrogens is 719 g/mol. The maximum atomic E-state index is 5.54. The Balaban J connectivity index is 0.955. The molecule has 11 rings (SSSR count). The van der Waals surface area contributed by atoms with Gasteiger partial charge >= 0.3 is 0 Å². The molecule has 0 aliphatic rings. The van der Waals surface area contributed by atoms with Crippen LogP contribution in [0.4, 0.5) is 17.1 Å². The van der Waals surface area contributed by atoms with E-state index in [1.54, 1.807) is 7.11 Å². The summed E-state index contributed by atoms with van der Waals surface area (Å²) in [7, 11) is 1.71. The minimum atomic E-state index is 0.826. The van der Waals surface area contributed by atoms with Crippen LogP contribution in [0.15, 0.2) is 218 Å². The Bertz CT molecular complexity index is 3070. The summed E-state index contributed by atoms with van der Waals surface area (Å²) in [6.45, 7) is 0. The quantitative estimate of drug-likeness (QED) is 0.154. The molecule has 0 saturated carbocycles. The molecule has 0 spiro atoms. The van der Waals surface area contributed by atoms with E-state index in [2.05, 4.69) is 220 Å². The molecule has 9 aromatic carbocycles. The Kier molecular flexibility index (Phi) is 8.34. The van der Waals surface area contributed by atoms with Crippen molar-refractivity contribution in [2.45, 2.75) is 0 Å². The molecule has 0 bridgehead atoms. The summed E-state index contributed by atoms with van der Waals surface area (Å²) in [5.41, 5.74) is 15.0. The minimum Gasteiger partial charge on any atom is -0.497 e. The topological polar surface area (TPSA) is 22.3 Å². The predicted octanol–water partition coefficient (Wildman–Crippen LogP) is 14.7. The van der Waals surface area contributed by atoms with Crippen LogP contribution < -0.4 is 9.64 Å². The van der Waals surface area contributed by atoms with E-state index in [-0.39, 0.29) is 0 Å². The largest absolute Gasteiger partial charge is 0.497 e. The second-order valence-corrected chi connectivity index (χ2v) is 15.0. The molecule has 0 radical (unpaired) electrons. The fraction of sp³-hybridized carbons (Fsp3) is 0.0182. The molecule has 280 valence electrons. The number of methoxy groups -OCH3 is 1. The molecule has 2 aromatic heterocycles. The predicted molar refractivity (Wildman–Crippen MR) is 247 cm³/mol. The third kappa shape index (κ3) is 5.93. The SMILES string of the molecule is COc1ccc(N(c2ccc(-c3ccc4c(c3)c3ccccc3n4-c3ccccc3)cc2)c2ccc(-c3ccc4c(c3)c3ccccc3n4-c3ccccc3)cc2)cc1. The molecule has 0 saturated heterocycles. The van der Waals surface area contributed by atoms with Crippen LogP contribution in [0.5, 0.6) is 5.75 Å². The van der Waals surface area contributed by atoms with Crippen molar-refractivity contribution in [3.05, 3.63) is 218 Å². The Labute approximate surface area is 343 Å². The summed E-state index contributed by atoms with van der Waals surface area (Å²) < 4.78 is 10.3. The molecule has 59 heavy (non-hydrogen) atoms. The Morgan fingerprint density at radius 3 is 1.10 bits per heavy atom. The van der Waals surface area contributed by atoms with Crippen molar-refractivity contribution in [2.24, 2.45) is 0 Å². The number of fused-ring (bicyclic) bond motifs is 6. The zero-order valence-corrected chi connectivity index (χ0v) is 32.5. The van der Waals surface area contributed by atoms with Gasteiger partial charge in [0.2, 0.25) is 0 Å². The second kappa shape index (κ2) is 14.3. The number of ether oxygens (including phenoxy) is 1. The molecule has 0 amide bonds. The van der Waals surface area contributed by atoms with Crippen molar-refractivity contribution in [2.75, 3.05) is 12.0 Å². The van der Waals surface area contributed by atoms with Gasteiger partial charge in [-0.15, -0.1) is 0 Å². The molecule has 0 unspecified atom stereocenters. The zero-order chi connectivity index (χ0) is 39.3. The molecule has 0 atom stereocenters. The molecule has 4 heteroatoms. The zero-order valence-electron chi connectivity index (χ0n) is 32.5. The van der Waals surface area contributed by atoms with E-state index in [1.165, 1.54) is 65.9 Å². The van der Waals surface area contributed by atoms with Crippen LogP contribution >= 0.6 is 0 Å². The number of para-hydroxylation sites is 4. The number of hydrogen-bond acceptors (Lipinski definition) is 2. The maximum absolute atomic E-state index is 5.54. The lowest BCUT2D eigenvalue weighted by atomic mass is 10.0. The summed E-state index contributed by atoms with van der Waals surface area (Å²) >= 11 is 0. The molecule has 2 heterocycles. The lowest BCUT2D eigenvalue weighted by Gasteiger charge is -2.26. The summed E-state index contributed by atoms with van der Waals surface area (Å²) in [6.07, 6.45) is 0. The first-order chi connectivity index (χ1) is 29.2. The first-order valence-electron chi connectivity index (χ1n) is 20.0. The summed E-state index contributed by atoms with van der Waals surface area (Å²) in [5.74, 6) is 0.826. The van der Waals surface area contributed by atoms with Crippen molar-refractivity contribution >= 4 is 60.7 Å². The van der Waals surface area contributed by atoms with Gasteiger partial charge in [-0.25, -0.2) is 0 Å². The maximum Gasteiger partial charge on any atom is 0.119 e. The summed E-state index contributed by atoms with van der Waals surface area (Å²) in [5, 5.41) is 4.98. The highest BCUT2D eigenvalue weighted by Crippen LogP contribution is 2.40. The number of nitrogens with zero attached hydrogens (tertiary/aromatic N) is 3. The van der Waals surface area contributed by atoms with Crippen LogP contribution in [0.1, 0.15) is 0 Å². The van der Waals surface area contributed by atoms with Gasteiger partial charge in [0.05, 0.1) is 29.2 Å². The first kappa shape index (κ1) is 34.4. The van der Waals surface area contributed by atoms with Gasteiger partial charge in [-0.05, 0) is 131 Å². The van der Waals surface area contributed by atoms with Crippen LogP contribution in [0, 0.1) is 0 Å². The molecule has 0 aliphatic heterocycles. The number of aromatic nitrogens is 2. The smallest absolute Gasteiger partial charge is 0.119 e. The van der Waals surface area contributed by atoms with Crippen LogP contribution in [0.25, 0.3) is 77.2 Å². The van der Waals surface area contributed by atoms with Gasteiger partial charge in [0, 0.05) is 50.0 Å². The third-order valence-electron chi connectivity index (χ3n) is 11.6. The van der Waals surface area contributed by atoms with Crippen LogP contribution in [0.3, 0.4) is 0 Å². The number of benzene rings is 9. The van der Waals surface area contributed by atoms with Gasteiger partial charge in [-0.2, -0.15) is 0 Å². The van der Waals surface area contributed by atoms with Crippen LogP contribution in [-0.4, -0.2) is 16.2 Å². The van der Waals surface area contributed by atoms with Gasteiger partial charge in [-0.1, -0.05) is 109 Å². The van der Waals surface area contributed by atoms with Gasteiger partial charge in [0.1, 0.15) is 5.75 Å². The number of hydrogen-bond donors (Lipinski definition) is 0. The minimum absolute atomic E-state index is 0.826. The lowest BCUT2D eigenvalue weighted by molar-refractivity contribution is 0.415. The van der Waals surface area contributed by atoms with Gasteiger partial charge in [-0.3, -0.25) is 0 Å². The van der Waals surface area contributed by atoms with E-state index in [1.807, 2.05) is 12.1 Å². The highest BCUT2D eigenvalue weighted by atomic mass is 16.5. The van der Waals surface area contributed by atoms with Crippen molar-refractivity contribution in [1.82, 2.24) is 9.13 Å². The summed E-state index contributed by atoms with van der Waals surface area (Å²) in [4.78, 5) is 2.31. The Morgan fingerprint density at radius 2 is 0.678 bits per heavy atom. The number of rotatable bonds is 8. The van der Waals surface area contributed by atoms with Gasteiger partial charge in [0.15, 0.2) is 0 Å².